The van der Waals surface area contributed by atoms with E-state index in [1.807, 2.05) is 20.8 Å². The Morgan fingerprint density at radius 2 is 1.58 bits per heavy atom. The molecule has 1 aliphatic heterocycles. The molecule has 0 bridgehead atoms. The fourth-order valence-corrected chi connectivity index (χ4v) is 3.85. The summed E-state index contributed by atoms with van der Waals surface area (Å²) in [5.74, 6) is -0.210. The highest BCUT2D eigenvalue weighted by Crippen LogP contribution is 2.39. The second-order valence-corrected chi connectivity index (χ2v) is 9.19. The lowest BCUT2D eigenvalue weighted by Gasteiger charge is -2.54. The van der Waals surface area contributed by atoms with Crippen LogP contribution in [0.4, 0.5) is 0 Å². The highest BCUT2D eigenvalue weighted by molar-refractivity contribution is 5.86. The van der Waals surface area contributed by atoms with Crippen LogP contribution in [-0.2, 0) is 14.3 Å². The molecule has 0 atom stereocenters. The summed E-state index contributed by atoms with van der Waals surface area (Å²) in [6.45, 7) is 14.8. The van der Waals surface area contributed by atoms with Crippen LogP contribution in [0.25, 0.3) is 0 Å². The van der Waals surface area contributed by atoms with Crippen LogP contribution in [0.2, 0.25) is 0 Å². The third-order valence-corrected chi connectivity index (χ3v) is 4.93. The van der Waals surface area contributed by atoms with Crippen LogP contribution in [0.5, 0.6) is 0 Å². The molecule has 1 N–H and O–H groups in total. The van der Waals surface area contributed by atoms with Gasteiger partial charge in [-0.2, -0.15) is 0 Å². The minimum atomic E-state index is -0.417. The molecule has 0 unspecified atom stereocenters. The van der Waals surface area contributed by atoms with Crippen LogP contribution in [0.1, 0.15) is 74.1 Å². The molecule has 0 spiro atoms. The molecule has 1 saturated heterocycles. The Hall–Kier alpha value is -0.940. The normalized spacial score (nSPS) is 21.5. The van der Waals surface area contributed by atoms with Crippen LogP contribution in [0.15, 0.2) is 0 Å². The first-order valence-corrected chi connectivity index (χ1v) is 8.91. The predicted molar refractivity (Wildman–Crippen MR) is 94.8 cm³/mol. The fourth-order valence-electron chi connectivity index (χ4n) is 3.85. The Morgan fingerprint density at radius 1 is 1.08 bits per heavy atom. The van der Waals surface area contributed by atoms with E-state index < -0.39 is 5.41 Å². The molecule has 140 valence electrons. The first-order valence-electron chi connectivity index (χ1n) is 8.91. The van der Waals surface area contributed by atoms with Crippen molar-refractivity contribution in [1.29, 1.82) is 0 Å². The Balaban J connectivity index is 2.63. The molecule has 24 heavy (non-hydrogen) atoms. The molecule has 1 rings (SSSR count). The Bertz CT molecular complexity index is 444. The lowest BCUT2D eigenvalue weighted by Crippen LogP contribution is -2.62. The summed E-state index contributed by atoms with van der Waals surface area (Å²) >= 11 is 0. The summed E-state index contributed by atoms with van der Waals surface area (Å²) < 4.78 is 5.67. The molecule has 5 heteroatoms. The molecule has 1 aliphatic rings. The number of hydrogen-bond acceptors (Lipinski definition) is 5. The number of aliphatic hydroxyl groups excluding tert-OH is 1. The van der Waals surface area contributed by atoms with Gasteiger partial charge >= 0.3 is 5.97 Å². The molecule has 0 aliphatic carbocycles. The number of esters is 1. The monoisotopic (exact) mass is 341 g/mol. The van der Waals surface area contributed by atoms with Gasteiger partial charge in [0.15, 0.2) is 0 Å². The van der Waals surface area contributed by atoms with E-state index in [0.29, 0.717) is 6.54 Å². The van der Waals surface area contributed by atoms with Crippen LogP contribution in [0.3, 0.4) is 0 Å². The maximum atomic E-state index is 12.1. The van der Waals surface area contributed by atoms with Gasteiger partial charge in [-0.1, -0.05) is 20.8 Å². The molecule has 0 aromatic carbocycles. The van der Waals surface area contributed by atoms with Crippen molar-refractivity contribution < 1.29 is 19.4 Å². The number of β-amino-alcohol motifs (C(OH)–C–C–N with tert-alkyl or cyclic N) is 1. The first-order chi connectivity index (χ1) is 10.8. The van der Waals surface area contributed by atoms with Crippen LogP contribution >= 0.6 is 0 Å². The fraction of sp³-hybridized carbons (Fsp3) is 0.895. The molecular weight excluding hydrogens is 306 g/mol. The third-order valence-electron chi connectivity index (χ3n) is 4.93. The zero-order chi connectivity index (χ0) is 18.8. The summed E-state index contributed by atoms with van der Waals surface area (Å²) in [4.78, 5) is 26.4. The maximum absolute atomic E-state index is 12.1. The average Bonchev–Trinajstić information content (AvgIpc) is 2.38. The lowest BCUT2D eigenvalue weighted by atomic mass is 9.78. The highest BCUT2D eigenvalue weighted by atomic mass is 16.5. The van der Waals surface area contributed by atoms with Crippen molar-refractivity contribution in [2.75, 3.05) is 13.2 Å². The van der Waals surface area contributed by atoms with E-state index in [-0.39, 0.29) is 48.4 Å². The van der Waals surface area contributed by atoms with E-state index in [1.54, 1.807) is 0 Å². The van der Waals surface area contributed by atoms with Gasteiger partial charge in [-0.3, -0.25) is 14.5 Å². The summed E-state index contributed by atoms with van der Waals surface area (Å²) in [6.07, 6.45) is 1.69. The number of hydrogen-bond donors (Lipinski definition) is 1. The van der Waals surface area contributed by atoms with Crippen LogP contribution in [-0.4, -0.2) is 52.1 Å². The zero-order valence-electron chi connectivity index (χ0n) is 16.4. The van der Waals surface area contributed by atoms with Gasteiger partial charge in [0.1, 0.15) is 11.9 Å². The van der Waals surface area contributed by atoms with Crippen molar-refractivity contribution in [2.24, 2.45) is 5.41 Å². The third kappa shape index (κ3) is 5.55. The average molecular weight is 341 g/mol. The SMILES string of the molecule is CC(C)(C)C(=O)CCC(=O)OC1CC(C)(C)N(CCO)C(C)(C)C1. The summed E-state index contributed by atoms with van der Waals surface area (Å²) in [7, 11) is 0. The van der Waals surface area contributed by atoms with Crippen molar-refractivity contribution in [2.45, 2.75) is 91.3 Å². The van der Waals surface area contributed by atoms with Gasteiger partial charge in [-0.15, -0.1) is 0 Å². The van der Waals surface area contributed by atoms with E-state index in [9.17, 15) is 14.7 Å². The van der Waals surface area contributed by atoms with Gasteiger partial charge in [-0.25, -0.2) is 0 Å². The van der Waals surface area contributed by atoms with E-state index in [1.165, 1.54) is 0 Å². The van der Waals surface area contributed by atoms with E-state index in [2.05, 4.69) is 32.6 Å². The molecule has 0 aromatic rings. The number of carbonyl (C=O) groups excluding carboxylic acids is 2. The Labute approximate surface area is 146 Å². The van der Waals surface area contributed by atoms with E-state index in [0.717, 1.165) is 12.8 Å². The summed E-state index contributed by atoms with van der Waals surface area (Å²) in [5, 5.41) is 9.32. The molecule has 5 nitrogen and oxygen atoms in total. The molecule has 0 radical (unpaired) electrons. The molecule has 0 amide bonds. The van der Waals surface area contributed by atoms with E-state index >= 15 is 0 Å². The number of likely N-dealkylation sites (tertiary alicyclic amines) is 1. The Kier molecular flexibility index (Phi) is 6.62. The number of ether oxygens (including phenoxy) is 1. The van der Waals surface area contributed by atoms with Crippen molar-refractivity contribution in [3.8, 4) is 0 Å². The number of ketones is 1. The number of nitrogens with zero attached hydrogens (tertiary/aromatic N) is 1. The quantitative estimate of drug-likeness (QED) is 0.752. The molecule has 1 heterocycles. The summed E-state index contributed by atoms with van der Waals surface area (Å²) in [5.41, 5.74) is -0.729. The topological polar surface area (TPSA) is 66.8 Å². The Morgan fingerprint density at radius 3 is 2.00 bits per heavy atom. The number of carbonyl (C=O) groups is 2. The predicted octanol–water partition coefficient (Wildman–Crippen LogP) is 2.94. The number of Topliss-reactive ketones (excluding diaryl/α,β-unsaturated/α-hetero) is 1. The highest BCUT2D eigenvalue weighted by Gasteiger charge is 2.46. The molecule has 0 saturated carbocycles. The van der Waals surface area contributed by atoms with Crippen molar-refractivity contribution in [1.82, 2.24) is 4.90 Å². The summed E-state index contributed by atoms with van der Waals surface area (Å²) in [6, 6.07) is 0. The largest absolute Gasteiger partial charge is 0.462 e. The maximum Gasteiger partial charge on any atom is 0.306 e. The van der Waals surface area contributed by atoms with Crippen LogP contribution < -0.4 is 0 Å². The molecule has 0 aromatic heterocycles. The van der Waals surface area contributed by atoms with Crippen molar-refractivity contribution in [3.63, 3.8) is 0 Å². The van der Waals surface area contributed by atoms with Gasteiger partial charge in [0.2, 0.25) is 0 Å². The van der Waals surface area contributed by atoms with Gasteiger partial charge in [0, 0.05) is 42.3 Å². The standard InChI is InChI=1S/C19H35NO4/c1-17(2,3)15(22)8-9-16(23)24-14-12-18(4,5)20(10-11-21)19(6,7)13-14/h14,21H,8-13H2,1-7H3. The lowest BCUT2D eigenvalue weighted by molar-refractivity contribution is -0.161. The van der Waals surface area contributed by atoms with Gasteiger partial charge in [0.25, 0.3) is 0 Å². The van der Waals surface area contributed by atoms with Gasteiger partial charge < -0.3 is 9.84 Å². The minimum absolute atomic E-state index is 0.0814. The van der Waals surface area contributed by atoms with Crippen molar-refractivity contribution in [3.05, 3.63) is 0 Å². The smallest absolute Gasteiger partial charge is 0.306 e. The number of piperidine rings is 1. The molecular formula is C19H35NO4. The van der Waals surface area contributed by atoms with E-state index in [4.69, 9.17) is 4.74 Å². The first kappa shape index (κ1) is 21.1. The minimum Gasteiger partial charge on any atom is -0.462 e. The van der Waals surface area contributed by atoms with Gasteiger partial charge in [0.05, 0.1) is 13.0 Å². The number of rotatable bonds is 6. The second-order valence-electron chi connectivity index (χ2n) is 9.19. The number of aliphatic hydroxyl groups is 1. The zero-order valence-corrected chi connectivity index (χ0v) is 16.4. The van der Waals surface area contributed by atoms with Crippen LogP contribution in [0, 0.1) is 5.41 Å². The second kappa shape index (κ2) is 7.52. The molecule has 1 fully saturated rings. The van der Waals surface area contributed by atoms with Gasteiger partial charge in [-0.05, 0) is 27.7 Å². The van der Waals surface area contributed by atoms with Crippen molar-refractivity contribution >= 4 is 11.8 Å².